The Morgan fingerprint density at radius 2 is 2.29 bits per heavy atom. The van der Waals surface area contributed by atoms with E-state index in [1.807, 2.05) is 11.4 Å². The summed E-state index contributed by atoms with van der Waals surface area (Å²) in [5.74, 6) is 0.460. The molecule has 0 aliphatic carbocycles. The molecule has 1 unspecified atom stereocenters. The van der Waals surface area contributed by atoms with Crippen molar-refractivity contribution < 1.29 is 9.84 Å². The highest BCUT2D eigenvalue weighted by molar-refractivity contribution is 9.10. The van der Waals surface area contributed by atoms with E-state index < -0.39 is 6.10 Å². The van der Waals surface area contributed by atoms with E-state index in [1.165, 1.54) is 13.4 Å². The summed E-state index contributed by atoms with van der Waals surface area (Å²) < 4.78 is 6.02. The van der Waals surface area contributed by atoms with E-state index in [0.717, 1.165) is 9.35 Å². The molecule has 2 aromatic rings. The van der Waals surface area contributed by atoms with Crippen LogP contribution in [0.4, 0.5) is 0 Å². The van der Waals surface area contributed by atoms with Gasteiger partial charge in [-0.1, -0.05) is 0 Å². The number of aliphatic hydroxyl groups excluding tert-OH is 1. The van der Waals surface area contributed by atoms with Crippen LogP contribution in [-0.2, 0) is 6.42 Å². The third kappa shape index (κ3) is 3.24. The monoisotopic (exact) mass is 314 g/mol. The van der Waals surface area contributed by atoms with Crippen molar-refractivity contribution in [1.82, 2.24) is 9.97 Å². The van der Waals surface area contributed by atoms with Crippen molar-refractivity contribution in [1.29, 1.82) is 0 Å². The van der Waals surface area contributed by atoms with E-state index in [-0.39, 0.29) is 0 Å². The molecule has 2 rings (SSSR count). The van der Waals surface area contributed by atoms with Gasteiger partial charge >= 0.3 is 0 Å². The van der Waals surface area contributed by atoms with Crippen LogP contribution in [0.1, 0.15) is 16.7 Å². The Kier molecular flexibility index (Phi) is 4.09. The molecule has 0 fully saturated rings. The summed E-state index contributed by atoms with van der Waals surface area (Å²) in [5.41, 5.74) is 0.571. The van der Waals surface area contributed by atoms with Crippen molar-refractivity contribution in [2.24, 2.45) is 0 Å². The predicted molar refractivity (Wildman–Crippen MR) is 69.3 cm³/mol. The minimum atomic E-state index is -0.641. The number of hydrogen-bond acceptors (Lipinski definition) is 5. The first-order chi connectivity index (χ1) is 8.19. The van der Waals surface area contributed by atoms with Gasteiger partial charge in [0.1, 0.15) is 12.4 Å². The molecule has 0 aromatic carbocycles. The predicted octanol–water partition coefficient (Wildman–Crippen LogP) is 2.59. The number of thiophene rings is 1. The topological polar surface area (TPSA) is 55.2 Å². The molecular formula is C11H11BrN2O2S. The number of methoxy groups -OCH3 is 1. The minimum absolute atomic E-state index is 0.460. The number of ether oxygens (including phenoxy) is 1. The normalized spacial score (nSPS) is 12.4. The fraction of sp³-hybridized carbons (Fsp3) is 0.273. The smallest absolute Gasteiger partial charge is 0.216 e. The van der Waals surface area contributed by atoms with E-state index in [4.69, 9.17) is 4.74 Å². The van der Waals surface area contributed by atoms with Crippen molar-refractivity contribution in [2.45, 2.75) is 12.5 Å². The summed E-state index contributed by atoms with van der Waals surface area (Å²) in [6, 6.07) is 3.64. The third-order valence-electron chi connectivity index (χ3n) is 2.23. The lowest BCUT2D eigenvalue weighted by molar-refractivity contribution is 0.173. The maximum absolute atomic E-state index is 10.0. The van der Waals surface area contributed by atoms with Crippen LogP contribution in [0, 0.1) is 0 Å². The molecule has 0 radical (unpaired) electrons. The summed E-state index contributed by atoms with van der Waals surface area (Å²) in [6.45, 7) is 0. The number of nitrogens with zero attached hydrogens (tertiary/aromatic N) is 2. The third-order valence-corrected chi connectivity index (χ3v) is 3.95. The Labute approximate surface area is 111 Å². The molecule has 2 aromatic heterocycles. The van der Waals surface area contributed by atoms with Crippen LogP contribution < -0.4 is 4.74 Å². The van der Waals surface area contributed by atoms with Gasteiger partial charge in [-0.25, -0.2) is 9.97 Å². The first-order valence-corrected chi connectivity index (χ1v) is 6.63. The summed E-state index contributed by atoms with van der Waals surface area (Å²) in [7, 11) is 1.54. The van der Waals surface area contributed by atoms with Crippen LogP contribution >= 0.6 is 27.3 Å². The molecule has 0 amide bonds. The maximum Gasteiger partial charge on any atom is 0.216 e. The molecule has 6 heteroatoms. The lowest BCUT2D eigenvalue weighted by Gasteiger charge is -2.09. The maximum atomic E-state index is 10.0. The fourth-order valence-corrected chi connectivity index (χ4v) is 2.89. The van der Waals surface area contributed by atoms with Crippen LogP contribution in [0.3, 0.4) is 0 Å². The van der Waals surface area contributed by atoms with Crippen LogP contribution in [-0.4, -0.2) is 22.2 Å². The van der Waals surface area contributed by atoms with Gasteiger partial charge < -0.3 is 9.84 Å². The van der Waals surface area contributed by atoms with Crippen LogP contribution in [0.5, 0.6) is 5.88 Å². The van der Waals surface area contributed by atoms with Gasteiger partial charge in [-0.3, -0.25) is 0 Å². The van der Waals surface area contributed by atoms with Crippen molar-refractivity contribution in [2.75, 3.05) is 7.11 Å². The first-order valence-electron chi connectivity index (χ1n) is 4.96. The molecule has 1 atom stereocenters. The molecule has 4 nitrogen and oxygen atoms in total. The van der Waals surface area contributed by atoms with E-state index in [0.29, 0.717) is 18.0 Å². The zero-order valence-electron chi connectivity index (χ0n) is 9.13. The lowest BCUT2D eigenvalue weighted by Crippen LogP contribution is -2.04. The minimum Gasteiger partial charge on any atom is -0.481 e. The van der Waals surface area contributed by atoms with Gasteiger partial charge in [-0.15, -0.1) is 11.3 Å². The SMILES string of the molecule is COc1cc(C(O)Cc2cc(Br)cs2)ncn1. The Morgan fingerprint density at radius 1 is 1.47 bits per heavy atom. The Hall–Kier alpha value is -0.980. The van der Waals surface area contributed by atoms with Crippen LogP contribution in [0.15, 0.2) is 28.3 Å². The summed E-state index contributed by atoms with van der Waals surface area (Å²) >= 11 is 4.99. The van der Waals surface area contributed by atoms with Crippen LogP contribution in [0.25, 0.3) is 0 Å². The second-order valence-corrected chi connectivity index (χ2v) is 5.35. The van der Waals surface area contributed by atoms with Crippen molar-refractivity contribution in [3.8, 4) is 5.88 Å². The van der Waals surface area contributed by atoms with Gasteiger partial charge in [0.25, 0.3) is 0 Å². The Bertz CT molecular complexity index is 504. The molecule has 17 heavy (non-hydrogen) atoms. The molecule has 0 aliphatic rings. The number of halogens is 1. The van der Waals surface area contributed by atoms with Gasteiger partial charge in [0.05, 0.1) is 12.8 Å². The van der Waals surface area contributed by atoms with Crippen LogP contribution in [0.2, 0.25) is 0 Å². The Balaban J connectivity index is 2.11. The van der Waals surface area contributed by atoms with Crippen molar-refractivity contribution in [3.05, 3.63) is 38.9 Å². The van der Waals surface area contributed by atoms with E-state index in [9.17, 15) is 5.11 Å². The summed E-state index contributed by atoms with van der Waals surface area (Å²) in [6.07, 6.45) is 1.29. The number of hydrogen-bond donors (Lipinski definition) is 1. The highest BCUT2D eigenvalue weighted by atomic mass is 79.9. The van der Waals surface area contributed by atoms with Gasteiger partial charge in [-0.2, -0.15) is 0 Å². The molecular weight excluding hydrogens is 304 g/mol. The molecule has 0 saturated heterocycles. The van der Waals surface area contributed by atoms with Crippen molar-refractivity contribution in [3.63, 3.8) is 0 Å². The van der Waals surface area contributed by atoms with Gasteiger partial charge in [-0.05, 0) is 22.0 Å². The second kappa shape index (κ2) is 5.57. The van der Waals surface area contributed by atoms with Gasteiger partial charge in [0, 0.05) is 27.2 Å². The lowest BCUT2D eigenvalue weighted by atomic mass is 10.1. The highest BCUT2D eigenvalue weighted by Crippen LogP contribution is 2.25. The molecule has 2 heterocycles. The number of aliphatic hydroxyl groups is 1. The first kappa shape index (κ1) is 12.5. The zero-order valence-corrected chi connectivity index (χ0v) is 11.5. The molecule has 0 spiro atoms. The molecule has 1 N–H and O–H groups in total. The largest absolute Gasteiger partial charge is 0.481 e. The van der Waals surface area contributed by atoms with E-state index in [2.05, 4.69) is 25.9 Å². The average molecular weight is 315 g/mol. The second-order valence-electron chi connectivity index (χ2n) is 3.44. The van der Waals surface area contributed by atoms with E-state index >= 15 is 0 Å². The standard InChI is InChI=1S/C11H11BrN2O2S/c1-16-11-4-9(13-6-14-11)10(15)3-8-2-7(12)5-17-8/h2,4-6,10,15H,3H2,1H3. The molecule has 0 aliphatic heterocycles. The van der Waals surface area contributed by atoms with E-state index in [1.54, 1.807) is 17.4 Å². The molecule has 0 saturated carbocycles. The highest BCUT2D eigenvalue weighted by Gasteiger charge is 2.12. The Morgan fingerprint density at radius 3 is 2.94 bits per heavy atom. The average Bonchev–Trinajstić information content (AvgIpc) is 2.75. The number of aromatic nitrogens is 2. The van der Waals surface area contributed by atoms with Gasteiger partial charge in [0.2, 0.25) is 5.88 Å². The molecule has 0 bridgehead atoms. The fourth-order valence-electron chi connectivity index (χ4n) is 1.40. The summed E-state index contributed by atoms with van der Waals surface area (Å²) in [5, 5.41) is 12.0. The van der Waals surface area contributed by atoms with Crippen molar-refractivity contribution >= 4 is 27.3 Å². The zero-order chi connectivity index (χ0) is 12.3. The summed E-state index contributed by atoms with van der Waals surface area (Å²) in [4.78, 5) is 9.04. The molecule has 90 valence electrons. The quantitative estimate of drug-likeness (QED) is 0.942. The van der Waals surface area contributed by atoms with Gasteiger partial charge in [0.15, 0.2) is 0 Å². The number of rotatable bonds is 4.